The van der Waals surface area contributed by atoms with E-state index < -0.39 is 0 Å². The summed E-state index contributed by atoms with van der Waals surface area (Å²) in [6.07, 6.45) is 5.39. The molecule has 3 heteroatoms. The summed E-state index contributed by atoms with van der Waals surface area (Å²) in [5.74, 6) is 0.712. The van der Waals surface area contributed by atoms with Gasteiger partial charge in [-0.1, -0.05) is 54.6 Å². The number of hydrogen-bond acceptors (Lipinski definition) is 2. The highest BCUT2D eigenvalue weighted by atomic mass is 16.5. The first-order valence-electron chi connectivity index (χ1n) is 6.34. The van der Waals surface area contributed by atoms with Gasteiger partial charge in [-0.05, 0) is 23.8 Å². The molecule has 0 unspecified atom stereocenters. The van der Waals surface area contributed by atoms with Gasteiger partial charge < -0.3 is 10.1 Å². The molecule has 0 saturated carbocycles. The average molecular weight is 263 g/mol. The molecule has 0 saturated heterocycles. The summed E-state index contributed by atoms with van der Waals surface area (Å²) in [6.45, 7) is 0. The monoisotopic (exact) mass is 263 g/mol. The number of carbonyl (C=O) groups is 1. The van der Waals surface area contributed by atoms with Crippen LogP contribution in [0.5, 0.6) is 5.75 Å². The van der Waals surface area contributed by atoms with Gasteiger partial charge in [0.1, 0.15) is 0 Å². The van der Waals surface area contributed by atoms with Crippen LogP contribution in [0.2, 0.25) is 0 Å². The van der Waals surface area contributed by atoms with E-state index in [4.69, 9.17) is 4.74 Å². The number of benzene rings is 2. The predicted molar refractivity (Wildman–Crippen MR) is 79.3 cm³/mol. The maximum Gasteiger partial charge on any atom is 0.291 e. The highest BCUT2D eigenvalue weighted by Crippen LogP contribution is 2.29. The van der Waals surface area contributed by atoms with Crippen molar-refractivity contribution in [1.82, 2.24) is 0 Å². The predicted octanol–water partition coefficient (Wildman–Crippen LogP) is 3.61. The first-order valence-corrected chi connectivity index (χ1v) is 6.34. The van der Waals surface area contributed by atoms with Crippen LogP contribution >= 0.6 is 0 Å². The lowest BCUT2D eigenvalue weighted by Gasteiger charge is -2.19. The van der Waals surface area contributed by atoms with Crippen molar-refractivity contribution in [3.63, 3.8) is 0 Å². The van der Waals surface area contributed by atoms with Crippen molar-refractivity contribution in [3.8, 4) is 5.75 Å². The van der Waals surface area contributed by atoms with Gasteiger partial charge in [-0.2, -0.15) is 0 Å². The molecule has 2 aromatic rings. The van der Waals surface area contributed by atoms with Crippen LogP contribution in [0, 0.1) is 0 Å². The summed E-state index contributed by atoms with van der Waals surface area (Å²) < 4.78 is 5.58. The third kappa shape index (κ3) is 2.62. The van der Waals surface area contributed by atoms with Gasteiger partial charge in [-0.3, -0.25) is 4.79 Å². The van der Waals surface area contributed by atoms with Crippen LogP contribution in [-0.2, 0) is 4.79 Å². The number of rotatable bonds is 2. The van der Waals surface area contributed by atoms with Gasteiger partial charge in [0.15, 0.2) is 11.5 Å². The second-order valence-electron chi connectivity index (χ2n) is 4.35. The van der Waals surface area contributed by atoms with Crippen LogP contribution in [0.1, 0.15) is 5.56 Å². The highest BCUT2D eigenvalue weighted by molar-refractivity contribution is 6.05. The molecule has 0 aliphatic carbocycles. The van der Waals surface area contributed by atoms with E-state index in [-0.39, 0.29) is 11.7 Å². The van der Waals surface area contributed by atoms with Crippen LogP contribution in [0.3, 0.4) is 0 Å². The molecule has 0 radical (unpaired) electrons. The number of allylic oxidation sites excluding steroid dienone is 2. The molecule has 1 aliphatic rings. The lowest BCUT2D eigenvalue weighted by atomic mass is 10.2. The summed E-state index contributed by atoms with van der Waals surface area (Å²) in [5.41, 5.74) is 1.77. The van der Waals surface area contributed by atoms with E-state index in [0.717, 1.165) is 5.56 Å². The number of hydrogen-bond donors (Lipinski definition) is 1. The fourth-order valence-corrected chi connectivity index (χ4v) is 1.93. The van der Waals surface area contributed by atoms with Gasteiger partial charge in [-0.15, -0.1) is 0 Å². The van der Waals surface area contributed by atoms with Crippen LogP contribution in [0.25, 0.3) is 6.08 Å². The Hall–Kier alpha value is -2.81. The van der Waals surface area contributed by atoms with E-state index in [1.54, 1.807) is 12.2 Å². The molecule has 0 fully saturated rings. The Morgan fingerprint density at radius 1 is 0.950 bits per heavy atom. The first-order chi connectivity index (χ1) is 9.83. The van der Waals surface area contributed by atoms with E-state index in [0.29, 0.717) is 11.4 Å². The minimum Gasteiger partial charge on any atom is -0.449 e. The summed E-state index contributed by atoms with van der Waals surface area (Å²) in [6, 6.07) is 17.2. The largest absolute Gasteiger partial charge is 0.449 e. The molecule has 98 valence electrons. The van der Waals surface area contributed by atoms with Crippen molar-refractivity contribution in [2.45, 2.75) is 0 Å². The zero-order valence-electron chi connectivity index (χ0n) is 10.7. The van der Waals surface area contributed by atoms with E-state index >= 15 is 0 Å². The fourth-order valence-electron chi connectivity index (χ4n) is 1.93. The molecule has 0 atom stereocenters. The molecular formula is C17H13NO2. The molecule has 1 amide bonds. The van der Waals surface area contributed by atoms with Crippen LogP contribution in [0.15, 0.2) is 72.5 Å². The maximum absolute atomic E-state index is 11.9. The summed E-state index contributed by atoms with van der Waals surface area (Å²) in [5, 5.41) is 2.79. The molecule has 2 aromatic carbocycles. The molecule has 0 aromatic heterocycles. The molecule has 3 nitrogen and oxygen atoms in total. The number of ether oxygens (including phenoxy) is 1. The number of anilines is 1. The second-order valence-corrected chi connectivity index (χ2v) is 4.35. The number of carbonyl (C=O) groups excluding carboxylic acids is 1. The van der Waals surface area contributed by atoms with Crippen molar-refractivity contribution < 1.29 is 9.53 Å². The molecule has 1 aliphatic heterocycles. The number of amides is 1. The molecule has 20 heavy (non-hydrogen) atoms. The molecule has 3 rings (SSSR count). The van der Waals surface area contributed by atoms with Gasteiger partial charge in [0.25, 0.3) is 5.91 Å². The SMILES string of the molecule is O=C1Nc2ccccc2O/C1=C\C=C\c1ccccc1. The standard InChI is InChI=1S/C17H13NO2/c19-17-16(12-6-9-13-7-2-1-3-8-13)20-15-11-5-4-10-14(15)18-17/h1-12H,(H,18,19)/b9-6+,16-12-. The Morgan fingerprint density at radius 2 is 1.70 bits per heavy atom. The van der Waals surface area contributed by atoms with E-state index in [1.807, 2.05) is 60.7 Å². The Kier molecular flexibility index (Phi) is 3.33. The smallest absolute Gasteiger partial charge is 0.291 e. The van der Waals surface area contributed by atoms with Gasteiger partial charge in [-0.25, -0.2) is 0 Å². The third-order valence-electron chi connectivity index (χ3n) is 2.91. The minimum atomic E-state index is -0.235. The van der Waals surface area contributed by atoms with Crippen molar-refractivity contribution in [3.05, 3.63) is 78.1 Å². The zero-order chi connectivity index (χ0) is 13.8. The summed E-state index contributed by atoms with van der Waals surface area (Å²) in [7, 11) is 0. The van der Waals surface area contributed by atoms with Crippen molar-refractivity contribution in [1.29, 1.82) is 0 Å². The van der Waals surface area contributed by atoms with Crippen molar-refractivity contribution in [2.75, 3.05) is 5.32 Å². The van der Waals surface area contributed by atoms with Crippen LogP contribution in [-0.4, -0.2) is 5.91 Å². The van der Waals surface area contributed by atoms with Crippen LogP contribution < -0.4 is 10.1 Å². The van der Waals surface area contributed by atoms with Crippen molar-refractivity contribution >= 4 is 17.7 Å². The van der Waals surface area contributed by atoms with Crippen molar-refractivity contribution in [2.24, 2.45) is 0 Å². The third-order valence-corrected chi connectivity index (χ3v) is 2.91. The Balaban J connectivity index is 1.80. The topological polar surface area (TPSA) is 38.3 Å². The summed E-state index contributed by atoms with van der Waals surface area (Å²) in [4.78, 5) is 11.9. The lowest BCUT2D eigenvalue weighted by molar-refractivity contribution is -0.115. The van der Waals surface area contributed by atoms with E-state index in [1.165, 1.54) is 0 Å². The second kappa shape index (κ2) is 5.45. The first kappa shape index (κ1) is 12.2. The zero-order valence-corrected chi connectivity index (χ0v) is 10.7. The summed E-state index contributed by atoms with van der Waals surface area (Å²) >= 11 is 0. The van der Waals surface area contributed by atoms with E-state index in [9.17, 15) is 4.79 Å². The number of fused-ring (bicyclic) bond motifs is 1. The molecule has 0 spiro atoms. The molecular weight excluding hydrogens is 250 g/mol. The number of nitrogens with one attached hydrogen (secondary N) is 1. The van der Waals surface area contributed by atoms with Crippen LogP contribution in [0.4, 0.5) is 5.69 Å². The van der Waals surface area contributed by atoms with Gasteiger partial charge in [0.05, 0.1) is 5.69 Å². The average Bonchev–Trinajstić information content (AvgIpc) is 2.49. The maximum atomic E-state index is 11.9. The highest BCUT2D eigenvalue weighted by Gasteiger charge is 2.20. The van der Waals surface area contributed by atoms with Gasteiger partial charge in [0.2, 0.25) is 0 Å². The Labute approximate surface area is 117 Å². The fraction of sp³-hybridized carbons (Fsp3) is 0. The van der Waals surface area contributed by atoms with Gasteiger partial charge in [0, 0.05) is 0 Å². The quantitative estimate of drug-likeness (QED) is 0.840. The minimum absolute atomic E-state index is 0.235. The van der Waals surface area contributed by atoms with E-state index in [2.05, 4.69) is 5.32 Å². The molecule has 1 heterocycles. The molecule has 0 bridgehead atoms. The molecule has 1 N–H and O–H groups in total. The van der Waals surface area contributed by atoms with Gasteiger partial charge >= 0.3 is 0 Å². The lowest BCUT2D eigenvalue weighted by Crippen LogP contribution is -2.23. The Bertz CT molecular complexity index is 687. The number of para-hydroxylation sites is 2. The Morgan fingerprint density at radius 3 is 2.55 bits per heavy atom. The normalized spacial score (nSPS) is 15.8.